The van der Waals surface area contributed by atoms with Crippen LogP contribution in [0.3, 0.4) is 0 Å². The molecular formula is C12H18ClN3O3. The maximum Gasteiger partial charge on any atom is 0.329 e. The van der Waals surface area contributed by atoms with Crippen LogP contribution < -0.4 is 4.90 Å². The smallest absolute Gasteiger partial charge is 0.329 e. The summed E-state index contributed by atoms with van der Waals surface area (Å²) in [5.74, 6) is 0. The first kappa shape index (κ1) is 15.7. The average Bonchev–Trinajstić information content (AvgIpc) is 2.32. The Morgan fingerprint density at radius 1 is 1.53 bits per heavy atom. The molecule has 0 saturated carbocycles. The second kappa shape index (κ2) is 7.25. The summed E-state index contributed by atoms with van der Waals surface area (Å²) < 4.78 is 5.04. The molecule has 0 aromatic carbocycles. The Morgan fingerprint density at radius 2 is 2.21 bits per heavy atom. The highest BCUT2D eigenvalue weighted by Gasteiger charge is 2.24. The molecule has 0 bridgehead atoms. The van der Waals surface area contributed by atoms with E-state index in [9.17, 15) is 10.1 Å². The number of ether oxygens (including phenoxy) is 1. The number of hydrogen-bond donors (Lipinski definition) is 0. The summed E-state index contributed by atoms with van der Waals surface area (Å²) in [5, 5.41) is 11.1. The fourth-order valence-electron chi connectivity index (χ4n) is 1.85. The lowest BCUT2D eigenvalue weighted by Gasteiger charge is -2.24. The fraction of sp³-hybridized carbons (Fsp3) is 0.583. The minimum absolute atomic E-state index is 0.0708. The van der Waals surface area contributed by atoms with E-state index in [0.29, 0.717) is 31.1 Å². The normalized spacial score (nSPS) is 10.5. The molecule has 7 heteroatoms. The van der Waals surface area contributed by atoms with Crippen LogP contribution in [0.5, 0.6) is 0 Å². The molecule has 1 aromatic rings. The van der Waals surface area contributed by atoms with Crippen molar-refractivity contribution in [3.05, 3.63) is 27.0 Å². The number of aryl methyl sites for hydroxylation is 1. The topological polar surface area (TPSA) is 68.5 Å². The molecule has 1 heterocycles. The molecule has 1 aromatic heterocycles. The van der Waals surface area contributed by atoms with E-state index in [4.69, 9.17) is 16.3 Å². The molecule has 0 aliphatic carbocycles. The zero-order valence-electron chi connectivity index (χ0n) is 11.4. The lowest BCUT2D eigenvalue weighted by atomic mass is 10.2. The van der Waals surface area contributed by atoms with Gasteiger partial charge < -0.3 is 9.64 Å². The number of nitro groups is 1. The van der Waals surface area contributed by atoms with Crippen molar-refractivity contribution in [2.45, 2.75) is 20.3 Å². The number of halogens is 1. The van der Waals surface area contributed by atoms with Crippen LogP contribution in [-0.4, -0.2) is 36.7 Å². The first-order valence-corrected chi connectivity index (χ1v) is 6.44. The van der Waals surface area contributed by atoms with E-state index < -0.39 is 4.92 Å². The van der Waals surface area contributed by atoms with E-state index in [1.165, 1.54) is 0 Å². The van der Waals surface area contributed by atoms with Gasteiger partial charge in [0.15, 0.2) is 0 Å². The van der Waals surface area contributed by atoms with E-state index in [-0.39, 0.29) is 10.8 Å². The van der Waals surface area contributed by atoms with Crippen molar-refractivity contribution in [3.63, 3.8) is 0 Å². The summed E-state index contributed by atoms with van der Waals surface area (Å²) in [7, 11) is 1.60. The van der Waals surface area contributed by atoms with E-state index >= 15 is 0 Å². The average molecular weight is 288 g/mol. The van der Waals surface area contributed by atoms with Crippen LogP contribution >= 0.6 is 11.6 Å². The third kappa shape index (κ3) is 4.04. The first-order chi connectivity index (χ1) is 9.01. The summed E-state index contributed by atoms with van der Waals surface area (Å²) >= 11 is 5.90. The monoisotopic (exact) mass is 287 g/mol. The number of rotatable bonds is 7. The van der Waals surface area contributed by atoms with Crippen LogP contribution in [0.15, 0.2) is 6.07 Å². The van der Waals surface area contributed by atoms with Gasteiger partial charge in [0, 0.05) is 25.9 Å². The first-order valence-electron chi connectivity index (χ1n) is 6.06. The van der Waals surface area contributed by atoms with Crippen molar-refractivity contribution in [2.24, 2.45) is 0 Å². The predicted octanol–water partition coefficient (Wildman–Crippen LogP) is 2.81. The summed E-state index contributed by atoms with van der Waals surface area (Å²) in [6, 6.07) is 1.69. The molecule has 19 heavy (non-hydrogen) atoms. The molecule has 0 radical (unpaired) electrons. The number of pyridine rings is 1. The van der Waals surface area contributed by atoms with Crippen molar-refractivity contribution in [3.8, 4) is 0 Å². The zero-order valence-corrected chi connectivity index (χ0v) is 12.1. The van der Waals surface area contributed by atoms with Crippen LogP contribution in [0.1, 0.15) is 19.0 Å². The molecule has 0 spiro atoms. The zero-order chi connectivity index (χ0) is 14.4. The molecule has 0 saturated heterocycles. The van der Waals surface area contributed by atoms with Gasteiger partial charge in [-0.15, -0.1) is 0 Å². The van der Waals surface area contributed by atoms with Crippen LogP contribution in [0.25, 0.3) is 0 Å². The number of methoxy groups -OCH3 is 1. The minimum Gasteiger partial charge on any atom is -0.383 e. The standard InChI is InChI=1S/C12H18ClN3O3/c1-4-5-15(6-7-19-3)10-8-9(2)14-12(13)11(10)16(17)18/h8H,4-7H2,1-3H3. The Hall–Kier alpha value is -1.40. The maximum absolute atomic E-state index is 11.2. The molecule has 0 unspecified atom stereocenters. The van der Waals surface area contributed by atoms with Gasteiger partial charge in [0.2, 0.25) is 5.15 Å². The van der Waals surface area contributed by atoms with Gasteiger partial charge in [-0.3, -0.25) is 10.1 Å². The third-order valence-corrected chi connectivity index (χ3v) is 2.90. The Morgan fingerprint density at radius 3 is 2.74 bits per heavy atom. The number of aromatic nitrogens is 1. The molecule has 0 aliphatic rings. The molecular weight excluding hydrogens is 270 g/mol. The quantitative estimate of drug-likeness (QED) is 0.438. The molecule has 0 aliphatic heterocycles. The summed E-state index contributed by atoms with van der Waals surface area (Å²) in [6.07, 6.45) is 0.875. The molecule has 106 valence electrons. The molecule has 0 amide bonds. The van der Waals surface area contributed by atoms with Crippen molar-refractivity contribution in [2.75, 3.05) is 31.7 Å². The van der Waals surface area contributed by atoms with Gasteiger partial charge in [0.05, 0.1) is 11.5 Å². The summed E-state index contributed by atoms with van der Waals surface area (Å²) in [6.45, 7) is 5.55. The number of nitrogens with zero attached hydrogens (tertiary/aromatic N) is 3. The molecule has 0 N–H and O–H groups in total. The van der Waals surface area contributed by atoms with Gasteiger partial charge in [0.25, 0.3) is 0 Å². The van der Waals surface area contributed by atoms with Crippen molar-refractivity contribution < 1.29 is 9.66 Å². The van der Waals surface area contributed by atoms with Crippen molar-refractivity contribution >= 4 is 23.0 Å². The molecule has 6 nitrogen and oxygen atoms in total. The van der Waals surface area contributed by atoms with Gasteiger partial charge in [0.1, 0.15) is 5.69 Å². The highest BCUT2D eigenvalue weighted by atomic mass is 35.5. The van der Waals surface area contributed by atoms with Gasteiger partial charge in [-0.2, -0.15) is 0 Å². The van der Waals surface area contributed by atoms with E-state index in [1.807, 2.05) is 11.8 Å². The van der Waals surface area contributed by atoms with E-state index in [0.717, 1.165) is 6.42 Å². The minimum atomic E-state index is -0.487. The Kier molecular flexibility index (Phi) is 5.98. The van der Waals surface area contributed by atoms with Crippen LogP contribution in [0.2, 0.25) is 5.15 Å². The number of hydrogen-bond acceptors (Lipinski definition) is 5. The van der Waals surface area contributed by atoms with Gasteiger partial charge in [-0.1, -0.05) is 18.5 Å². The molecule has 1 rings (SSSR count). The third-order valence-electron chi connectivity index (χ3n) is 2.64. The Bertz CT molecular complexity index is 454. The highest BCUT2D eigenvalue weighted by molar-refractivity contribution is 6.32. The Labute approximate surface area is 117 Å². The SMILES string of the molecule is CCCN(CCOC)c1cc(C)nc(Cl)c1[N+](=O)[O-]. The summed E-state index contributed by atoms with van der Waals surface area (Å²) in [4.78, 5) is 16.5. The van der Waals surface area contributed by atoms with Gasteiger partial charge in [-0.25, -0.2) is 4.98 Å². The van der Waals surface area contributed by atoms with Crippen molar-refractivity contribution in [1.82, 2.24) is 4.98 Å². The Balaban J connectivity index is 3.22. The van der Waals surface area contributed by atoms with E-state index in [1.54, 1.807) is 20.1 Å². The second-order valence-corrected chi connectivity index (χ2v) is 4.52. The number of anilines is 1. The second-order valence-electron chi connectivity index (χ2n) is 4.16. The lowest BCUT2D eigenvalue weighted by molar-refractivity contribution is -0.384. The van der Waals surface area contributed by atoms with Crippen molar-refractivity contribution in [1.29, 1.82) is 0 Å². The molecule has 0 atom stereocenters. The van der Waals surface area contributed by atoms with Crippen LogP contribution in [0.4, 0.5) is 11.4 Å². The highest BCUT2D eigenvalue weighted by Crippen LogP contribution is 2.34. The van der Waals surface area contributed by atoms with Crippen LogP contribution in [-0.2, 0) is 4.74 Å². The van der Waals surface area contributed by atoms with Gasteiger partial charge >= 0.3 is 5.69 Å². The van der Waals surface area contributed by atoms with Gasteiger partial charge in [-0.05, 0) is 19.4 Å². The lowest BCUT2D eigenvalue weighted by Crippen LogP contribution is -2.29. The predicted molar refractivity (Wildman–Crippen MR) is 75.0 cm³/mol. The van der Waals surface area contributed by atoms with E-state index in [2.05, 4.69) is 4.98 Å². The largest absolute Gasteiger partial charge is 0.383 e. The summed E-state index contributed by atoms with van der Waals surface area (Å²) in [5.41, 5.74) is 1.02. The van der Waals surface area contributed by atoms with Crippen LogP contribution in [0, 0.1) is 17.0 Å². The fourth-order valence-corrected chi connectivity index (χ4v) is 2.15. The maximum atomic E-state index is 11.2. The molecule has 0 fully saturated rings.